The van der Waals surface area contributed by atoms with E-state index in [0.717, 1.165) is 12.8 Å². The van der Waals surface area contributed by atoms with Crippen LogP contribution in [0.5, 0.6) is 0 Å². The highest BCUT2D eigenvalue weighted by Gasteiger charge is 2.60. The van der Waals surface area contributed by atoms with Gasteiger partial charge in [0.15, 0.2) is 0 Å². The van der Waals surface area contributed by atoms with Gasteiger partial charge in [0.25, 0.3) is 0 Å². The van der Waals surface area contributed by atoms with E-state index in [4.69, 9.17) is 5.73 Å². The van der Waals surface area contributed by atoms with Gasteiger partial charge in [0.05, 0.1) is 6.10 Å². The molecule has 2 rings (SSSR count). The fourth-order valence-electron chi connectivity index (χ4n) is 2.72. The van der Waals surface area contributed by atoms with E-state index in [-0.39, 0.29) is 16.9 Å². The smallest absolute Gasteiger partial charge is 0.0664 e. The summed E-state index contributed by atoms with van der Waals surface area (Å²) in [6, 6.07) is 0. The second-order valence-electron chi connectivity index (χ2n) is 5.08. The van der Waals surface area contributed by atoms with Crippen LogP contribution in [-0.2, 0) is 0 Å². The van der Waals surface area contributed by atoms with Gasteiger partial charge in [0, 0.05) is 12.0 Å². The van der Waals surface area contributed by atoms with Crippen LogP contribution in [0.4, 0.5) is 0 Å². The van der Waals surface area contributed by atoms with Gasteiger partial charge >= 0.3 is 0 Å². The van der Waals surface area contributed by atoms with Crippen LogP contribution in [0, 0.1) is 10.8 Å². The predicted molar refractivity (Wildman–Crippen MR) is 53.3 cm³/mol. The molecule has 1 unspecified atom stereocenters. The van der Waals surface area contributed by atoms with Crippen molar-refractivity contribution in [2.75, 3.05) is 6.54 Å². The summed E-state index contributed by atoms with van der Waals surface area (Å²) in [6.45, 7) is 2.88. The van der Waals surface area contributed by atoms with E-state index < -0.39 is 0 Å². The molecule has 0 saturated heterocycles. The lowest BCUT2D eigenvalue weighted by molar-refractivity contribution is 0.0226. The molecule has 0 spiro atoms. The minimum absolute atomic E-state index is 0.107. The molecule has 2 heteroatoms. The molecule has 0 aliphatic heterocycles. The van der Waals surface area contributed by atoms with Crippen LogP contribution in [0.15, 0.2) is 0 Å². The van der Waals surface area contributed by atoms with Crippen LogP contribution < -0.4 is 5.73 Å². The molecular formula is C11H21NO. The van der Waals surface area contributed by atoms with Crippen molar-refractivity contribution >= 4 is 0 Å². The summed E-state index contributed by atoms with van der Waals surface area (Å²) in [4.78, 5) is 0. The first kappa shape index (κ1) is 9.47. The largest absolute Gasteiger partial charge is 0.392 e. The molecule has 0 heterocycles. The Morgan fingerprint density at radius 3 is 2.08 bits per heavy atom. The summed E-state index contributed by atoms with van der Waals surface area (Å²) in [5.74, 6) is 0. The van der Waals surface area contributed by atoms with Crippen LogP contribution in [0.3, 0.4) is 0 Å². The predicted octanol–water partition coefficient (Wildman–Crippen LogP) is 1.67. The average Bonchev–Trinajstić information content (AvgIpc) is 3.01. The Balaban J connectivity index is 2.00. The fraction of sp³-hybridized carbons (Fsp3) is 1.00. The van der Waals surface area contributed by atoms with Crippen molar-refractivity contribution in [1.29, 1.82) is 0 Å². The van der Waals surface area contributed by atoms with Crippen molar-refractivity contribution in [3.05, 3.63) is 0 Å². The Hall–Kier alpha value is -0.0800. The topological polar surface area (TPSA) is 46.2 Å². The van der Waals surface area contributed by atoms with Crippen molar-refractivity contribution in [3.8, 4) is 0 Å². The Kier molecular flexibility index (Phi) is 2.16. The van der Waals surface area contributed by atoms with Gasteiger partial charge in [-0.05, 0) is 37.5 Å². The van der Waals surface area contributed by atoms with Crippen molar-refractivity contribution in [2.45, 2.75) is 51.6 Å². The number of aliphatic hydroxyl groups is 1. The van der Waals surface area contributed by atoms with Gasteiger partial charge in [-0.1, -0.05) is 13.3 Å². The maximum Gasteiger partial charge on any atom is 0.0664 e. The Morgan fingerprint density at radius 2 is 1.77 bits per heavy atom. The van der Waals surface area contributed by atoms with E-state index in [1.807, 2.05) is 0 Å². The maximum atomic E-state index is 10.3. The van der Waals surface area contributed by atoms with Crippen LogP contribution in [-0.4, -0.2) is 17.8 Å². The quantitative estimate of drug-likeness (QED) is 0.681. The number of rotatable bonds is 5. The molecule has 3 N–H and O–H groups in total. The lowest BCUT2D eigenvalue weighted by Crippen LogP contribution is -2.37. The second kappa shape index (κ2) is 2.96. The Bertz CT molecular complexity index is 194. The highest BCUT2D eigenvalue weighted by molar-refractivity contribution is 5.11. The van der Waals surface area contributed by atoms with E-state index in [1.165, 1.54) is 25.7 Å². The molecule has 2 nitrogen and oxygen atoms in total. The molecule has 76 valence electrons. The lowest BCUT2D eigenvalue weighted by Gasteiger charge is -2.29. The van der Waals surface area contributed by atoms with Crippen LogP contribution in [0.25, 0.3) is 0 Å². The van der Waals surface area contributed by atoms with Gasteiger partial charge < -0.3 is 10.8 Å². The van der Waals surface area contributed by atoms with Gasteiger partial charge in [-0.25, -0.2) is 0 Å². The minimum atomic E-state index is -0.107. The molecule has 2 aliphatic carbocycles. The first-order valence-corrected chi connectivity index (χ1v) is 5.57. The molecule has 1 atom stereocenters. The SMILES string of the molecule is CCCC1(C(O)C2(CN)CC2)CC1. The average molecular weight is 183 g/mol. The molecule has 0 radical (unpaired) electrons. The normalized spacial score (nSPS) is 29.8. The Labute approximate surface area is 80.5 Å². The zero-order valence-electron chi connectivity index (χ0n) is 8.55. The molecule has 13 heavy (non-hydrogen) atoms. The summed E-state index contributed by atoms with van der Waals surface area (Å²) in [5, 5.41) is 10.3. The second-order valence-corrected chi connectivity index (χ2v) is 5.08. The third-order valence-electron chi connectivity index (χ3n) is 4.10. The molecular weight excluding hydrogens is 162 g/mol. The van der Waals surface area contributed by atoms with Crippen LogP contribution in [0.2, 0.25) is 0 Å². The first-order valence-electron chi connectivity index (χ1n) is 5.57. The summed E-state index contributed by atoms with van der Waals surface area (Å²) < 4.78 is 0. The van der Waals surface area contributed by atoms with Crippen molar-refractivity contribution in [1.82, 2.24) is 0 Å². The molecule has 2 saturated carbocycles. The van der Waals surface area contributed by atoms with Gasteiger partial charge in [-0.15, -0.1) is 0 Å². The molecule has 2 fully saturated rings. The number of aliphatic hydroxyl groups excluding tert-OH is 1. The molecule has 0 amide bonds. The third-order valence-corrected chi connectivity index (χ3v) is 4.10. The number of hydrogen-bond acceptors (Lipinski definition) is 2. The maximum absolute atomic E-state index is 10.3. The molecule has 2 aliphatic rings. The van der Waals surface area contributed by atoms with Crippen molar-refractivity contribution < 1.29 is 5.11 Å². The lowest BCUT2D eigenvalue weighted by atomic mass is 9.83. The molecule has 0 bridgehead atoms. The van der Waals surface area contributed by atoms with E-state index in [2.05, 4.69) is 6.92 Å². The first-order chi connectivity index (χ1) is 6.19. The van der Waals surface area contributed by atoms with Crippen LogP contribution >= 0.6 is 0 Å². The fourth-order valence-corrected chi connectivity index (χ4v) is 2.72. The molecule has 0 aromatic heterocycles. The summed E-state index contributed by atoms with van der Waals surface area (Å²) >= 11 is 0. The van der Waals surface area contributed by atoms with Gasteiger partial charge in [-0.3, -0.25) is 0 Å². The number of nitrogens with two attached hydrogens (primary N) is 1. The van der Waals surface area contributed by atoms with Gasteiger partial charge in [0.1, 0.15) is 0 Å². The molecule has 0 aromatic rings. The monoisotopic (exact) mass is 183 g/mol. The van der Waals surface area contributed by atoms with Gasteiger partial charge in [-0.2, -0.15) is 0 Å². The van der Waals surface area contributed by atoms with E-state index >= 15 is 0 Å². The van der Waals surface area contributed by atoms with E-state index in [1.54, 1.807) is 0 Å². The highest BCUT2D eigenvalue weighted by atomic mass is 16.3. The van der Waals surface area contributed by atoms with E-state index in [0.29, 0.717) is 6.54 Å². The zero-order chi connectivity index (χ0) is 9.53. The minimum Gasteiger partial charge on any atom is -0.392 e. The van der Waals surface area contributed by atoms with Crippen molar-refractivity contribution in [3.63, 3.8) is 0 Å². The summed E-state index contributed by atoms with van der Waals surface area (Å²) in [7, 11) is 0. The standard InChI is InChI=1S/C11H21NO/c1-2-3-10(4-5-10)9(13)11(8-12)6-7-11/h9,13H,2-8,12H2,1H3. The summed E-state index contributed by atoms with van der Waals surface area (Å²) in [5.41, 5.74) is 6.14. The molecule has 0 aromatic carbocycles. The zero-order valence-corrected chi connectivity index (χ0v) is 8.55. The highest BCUT2D eigenvalue weighted by Crippen LogP contribution is 2.62. The Morgan fingerprint density at radius 1 is 1.23 bits per heavy atom. The number of hydrogen-bond donors (Lipinski definition) is 2. The van der Waals surface area contributed by atoms with Crippen molar-refractivity contribution in [2.24, 2.45) is 16.6 Å². The summed E-state index contributed by atoms with van der Waals surface area (Å²) in [6.07, 6.45) is 7.03. The van der Waals surface area contributed by atoms with Crippen LogP contribution in [0.1, 0.15) is 45.4 Å². The van der Waals surface area contributed by atoms with Gasteiger partial charge in [0.2, 0.25) is 0 Å². The third kappa shape index (κ3) is 1.40. The van der Waals surface area contributed by atoms with E-state index in [9.17, 15) is 5.11 Å².